The van der Waals surface area contributed by atoms with Gasteiger partial charge in [0.1, 0.15) is 11.6 Å². The summed E-state index contributed by atoms with van der Waals surface area (Å²) in [7, 11) is 0. The molecular formula is C14H9ClFN3O2. The monoisotopic (exact) mass is 305 g/mol. The van der Waals surface area contributed by atoms with Crippen LogP contribution < -0.4 is 0 Å². The second-order valence-electron chi connectivity index (χ2n) is 4.46. The molecule has 21 heavy (non-hydrogen) atoms. The smallest absolute Gasteiger partial charge is 0.337 e. The van der Waals surface area contributed by atoms with Gasteiger partial charge >= 0.3 is 5.97 Å². The highest BCUT2D eigenvalue weighted by Gasteiger charge is 2.12. The van der Waals surface area contributed by atoms with E-state index in [1.165, 1.54) is 24.4 Å². The van der Waals surface area contributed by atoms with Gasteiger partial charge in [0.2, 0.25) is 0 Å². The summed E-state index contributed by atoms with van der Waals surface area (Å²) in [5, 5.41) is 9.23. The van der Waals surface area contributed by atoms with Crippen LogP contribution in [0.2, 0.25) is 5.02 Å². The Hall–Kier alpha value is -2.47. The van der Waals surface area contributed by atoms with Gasteiger partial charge in [0.05, 0.1) is 11.1 Å². The van der Waals surface area contributed by atoms with Crippen LogP contribution >= 0.6 is 11.6 Å². The minimum absolute atomic E-state index is 0.0571. The van der Waals surface area contributed by atoms with E-state index in [1.807, 2.05) is 0 Å². The molecular weight excluding hydrogens is 297 g/mol. The number of rotatable bonds is 3. The van der Waals surface area contributed by atoms with Crippen molar-refractivity contribution in [1.29, 1.82) is 0 Å². The van der Waals surface area contributed by atoms with Gasteiger partial charge in [-0.15, -0.1) is 0 Å². The third-order valence-corrected chi connectivity index (χ3v) is 3.39. The summed E-state index contributed by atoms with van der Waals surface area (Å²) in [6, 6.07) is 5.89. The van der Waals surface area contributed by atoms with Crippen molar-refractivity contribution in [1.82, 2.24) is 15.0 Å². The summed E-state index contributed by atoms with van der Waals surface area (Å²) in [5.41, 5.74) is 1.25. The standard InChI is InChI=1S/C14H9ClFN3O2/c15-9-2-1-3-10(16)8(9)5-12-18-11-4-7(14(20)21)6-17-13(11)19-12/h1-4,6H,5H2,(H,20,21)(H,17,18,19). The van der Waals surface area contributed by atoms with Gasteiger partial charge in [-0.2, -0.15) is 0 Å². The van der Waals surface area contributed by atoms with E-state index in [0.717, 1.165) is 0 Å². The number of halogens is 2. The van der Waals surface area contributed by atoms with Crippen LogP contribution in [0.4, 0.5) is 4.39 Å². The number of aromatic nitrogens is 3. The van der Waals surface area contributed by atoms with Gasteiger partial charge in [0.25, 0.3) is 0 Å². The Morgan fingerprint density at radius 3 is 2.95 bits per heavy atom. The van der Waals surface area contributed by atoms with Crippen molar-refractivity contribution in [3.8, 4) is 0 Å². The Kier molecular flexibility index (Phi) is 3.31. The minimum Gasteiger partial charge on any atom is -0.478 e. The lowest BCUT2D eigenvalue weighted by molar-refractivity contribution is 0.0696. The van der Waals surface area contributed by atoms with Gasteiger partial charge in [-0.1, -0.05) is 17.7 Å². The van der Waals surface area contributed by atoms with Crippen molar-refractivity contribution < 1.29 is 14.3 Å². The van der Waals surface area contributed by atoms with Crippen LogP contribution in [0.3, 0.4) is 0 Å². The van der Waals surface area contributed by atoms with Crippen LogP contribution in [0.25, 0.3) is 11.2 Å². The Labute approximate surface area is 123 Å². The normalized spacial score (nSPS) is 11.0. The largest absolute Gasteiger partial charge is 0.478 e. The molecule has 1 aromatic carbocycles. The molecule has 0 unspecified atom stereocenters. The number of nitrogens with zero attached hydrogens (tertiary/aromatic N) is 2. The van der Waals surface area contributed by atoms with Gasteiger partial charge < -0.3 is 10.1 Å². The summed E-state index contributed by atoms with van der Waals surface area (Å²) < 4.78 is 13.7. The predicted octanol–water partition coefficient (Wildman–Crippen LogP) is 3.04. The molecule has 0 amide bonds. The van der Waals surface area contributed by atoms with Crippen LogP contribution in [0, 0.1) is 5.82 Å². The molecule has 3 aromatic rings. The zero-order valence-corrected chi connectivity index (χ0v) is 11.4. The Bertz CT molecular complexity index is 827. The van der Waals surface area contributed by atoms with E-state index in [-0.39, 0.29) is 12.0 Å². The molecule has 5 nitrogen and oxygen atoms in total. The number of pyridine rings is 1. The first-order valence-corrected chi connectivity index (χ1v) is 6.43. The zero-order chi connectivity index (χ0) is 15.0. The number of aromatic amines is 1. The molecule has 106 valence electrons. The second kappa shape index (κ2) is 5.14. The first-order chi connectivity index (χ1) is 10.0. The van der Waals surface area contributed by atoms with Crippen LogP contribution in [-0.2, 0) is 6.42 Å². The van der Waals surface area contributed by atoms with E-state index < -0.39 is 11.8 Å². The lowest BCUT2D eigenvalue weighted by atomic mass is 10.1. The molecule has 0 aliphatic heterocycles. The van der Waals surface area contributed by atoms with Crippen molar-refractivity contribution in [2.24, 2.45) is 0 Å². The number of carboxylic acid groups (broad SMARTS) is 1. The van der Waals surface area contributed by atoms with E-state index in [9.17, 15) is 9.18 Å². The Morgan fingerprint density at radius 1 is 1.43 bits per heavy atom. The first kappa shape index (κ1) is 13.5. The number of nitrogens with one attached hydrogen (secondary N) is 1. The average Bonchev–Trinajstić information content (AvgIpc) is 2.84. The summed E-state index contributed by atoms with van der Waals surface area (Å²) in [5.74, 6) is -1.02. The molecule has 0 bridgehead atoms. The molecule has 2 N–H and O–H groups in total. The van der Waals surface area contributed by atoms with Gasteiger partial charge in [-0.3, -0.25) is 0 Å². The molecule has 2 heterocycles. The molecule has 0 radical (unpaired) electrons. The number of carboxylic acids is 1. The topological polar surface area (TPSA) is 78.9 Å². The van der Waals surface area contributed by atoms with Gasteiger partial charge in [-0.25, -0.2) is 19.2 Å². The molecule has 0 spiro atoms. The highest BCUT2D eigenvalue weighted by atomic mass is 35.5. The quantitative estimate of drug-likeness (QED) is 0.779. The van der Waals surface area contributed by atoms with Crippen molar-refractivity contribution >= 4 is 28.7 Å². The molecule has 2 aromatic heterocycles. The van der Waals surface area contributed by atoms with Gasteiger partial charge in [-0.05, 0) is 18.2 Å². The SMILES string of the molecule is O=C(O)c1cnc2nc(Cc3c(F)cccc3Cl)[nH]c2c1. The lowest BCUT2D eigenvalue weighted by Crippen LogP contribution is -1.96. The number of hydrogen-bond donors (Lipinski definition) is 2. The van der Waals surface area contributed by atoms with Gasteiger partial charge in [0.15, 0.2) is 5.65 Å². The van der Waals surface area contributed by atoms with Crippen LogP contribution in [0.15, 0.2) is 30.5 Å². The number of H-pyrrole nitrogens is 1. The van der Waals surface area contributed by atoms with Crippen LogP contribution in [0.5, 0.6) is 0 Å². The minimum atomic E-state index is -1.07. The van der Waals surface area contributed by atoms with Crippen molar-refractivity contribution in [2.45, 2.75) is 6.42 Å². The maximum Gasteiger partial charge on any atom is 0.337 e. The summed E-state index contributed by atoms with van der Waals surface area (Å²) in [6.07, 6.45) is 1.40. The molecule has 0 atom stereocenters. The highest BCUT2D eigenvalue weighted by molar-refractivity contribution is 6.31. The average molecular weight is 306 g/mol. The lowest BCUT2D eigenvalue weighted by Gasteiger charge is -2.02. The van der Waals surface area contributed by atoms with Crippen LogP contribution in [0.1, 0.15) is 21.7 Å². The van der Waals surface area contributed by atoms with E-state index in [4.69, 9.17) is 16.7 Å². The fraction of sp³-hybridized carbons (Fsp3) is 0.0714. The van der Waals surface area contributed by atoms with E-state index in [1.54, 1.807) is 6.07 Å². The van der Waals surface area contributed by atoms with Crippen molar-refractivity contribution in [2.75, 3.05) is 0 Å². The van der Waals surface area contributed by atoms with Crippen molar-refractivity contribution in [3.63, 3.8) is 0 Å². The Morgan fingerprint density at radius 2 is 2.24 bits per heavy atom. The molecule has 7 heteroatoms. The molecule has 0 fully saturated rings. The maximum absolute atomic E-state index is 13.7. The first-order valence-electron chi connectivity index (χ1n) is 6.05. The van der Waals surface area contributed by atoms with Gasteiger partial charge in [0, 0.05) is 23.2 Å². The Balaban J connectivity index is 2.00. The summed E-state index contributed by atoms with van der Waals surface area (Å²) >= 11 is 5.97. The van der Waals surface area contributed by atoms with E-state index in [0.29, 0.717) is 27.6 Å². The molecule has 0 aliphatic rings. The highest BCUT2D eigenvalue weighted by Crippen LogP contribution is 2.22. The van der Waals surface area contributed by atoms with Crippen molar-refractivity contribution in [3.05, 3.63) is 58.3 Å². The number of carbonyl (C=O) groups is 1. The molecule has 3 rings (SSSR count). The zero-order valence-electron chi connectivity index (χ0n) is 10.6. The van der Waals surface area contributed by atoms with E-state index >= 15 is 0 Å². The third kappa shape index (κ3) is 2.57. The molecule has 0 saturated heterocycles. The molecule has 0 saturated carbocycles. The van der Waals surface area contributed by atoms with Crippen LogP contribution in [-0.4, -0.2) is 26.0 Å². The fourth-order valence-electron chi connectivity index (χ4n) is 2.02. The number of fused-ring (bicyclic) bond motifs is 1. The fourth-order valence-corrected chi connectivity index (χ4v) is 2.25. The maximum atomic E-state index is 13.7. The summed E-state index contributed by atoms with van der Waals surface area (Å²) in [6.45, 7) is 0. The summed E-state index contributed by atoms with van der Waals surface area (Å²) in [4.78, 5) is 22.0. The number of aromatic carboxylic acids is 1. The van der Waals surface area contributed by atoms with E-state index in [2.05, 4.69) is 15.0 Å². The number of imidazole rings is 1. The second-order valence-corrected chi connectivity index (χ2v) is 4.87. The number of hydrogen-bond acceptors (Lipinski definition) is 3. The third-order valence-electron chi connectivity index (χ3n) is 3.04. The predicted molar refractivity (Wildman–Crippen MR) is 75.1 cm³/mol. The molecule has 0 aliphatic carbocycles. The number of benzene rings is 1.